The van der Waals surface area contributed by atoms with Crippen molar-refractivity contribution in [2.45, 2.75) is 31.8 Å². The van der Waals surface area contributed by atoms with Gasteiger partial charge in [0.2, 0.25) is 0 Å². The fraction of sp³-hybridized carbons (Fsp3) is 0.429. The van der Waals surface area contributed by atoms with Gasteiger partial charge in [-0.05, 0) is 43.5 Å². The molecule has 0 amide bonds. The Kier molecular flexibility index (Phi) is 3.37. The fourth-order valence-electron chi connectivity index (χ4n) is 2.56. The van der Waals surface area contributed by atoms with Crippen molar-refractivity contribution in [3.63, 3.8) is 0 Å². The highest BCUT2D eigenvalue weighted by molar-refractivity contribution is 5.27. The molecule has 0 spiro atoms. The van der Waals surface area contributed by atoms with Crippen molar-refractivity contribution in [2.24, 2.45) is 0 Å². The maximum absolute atomic E-state index is 4.49. The lowest BCUT2D eigenvalue weighted by Crippen LogP contribution is -2.22. The molecule has 0 bridgehead atoms. The van der Waals surface area contributed by atoms with E-state index in [1.165, 1.54) is 17.7 Å². The highest BCUT2D eigenvalue weighted by Gasteiger charge is 2.22. The van der Waals surface area contributed by atoms with Crippen LogP contribution in [0.2, 0.25) is 0 Å². The predicted molar refractivity (Wildman–Crippen MR) is 70.1 cm³/mol. The number of nitrogens with one attached hydrogen (secondary N) is 1. The third-order valence-electron chi connectivity index (χ3n) is 3.47. The normalized spacial score (nSPS) is 17.9. The fourth-order valence-corrected chi connectivity index (χ4v) is 2.56. The number of nitrogens with zero attached hydrogens (tertiary/aromatic N) is 3. The summed E-state index contributed by atoms with van der Waals surface area (Å²) >= 11 is 0. The van der Waals surface area contributed by atoms with Crippen molar-refractivity contribution < 1.29 is 0 Å². The topological polar surface area (TPSA) is 42.7 Å². The number of fused-ring (bicyclic) bond motifs is 1. The highest BCUT2D eigenvalue weighted by Crippen LogP contribution is 2.28. The lowest BCUT2D eigenvalue weighted by Gasteiger charge is -2.12. The number of aryl methyl sites for hydroxylation is 2. The monoisotopic (exact) mass is 242 g/mol. The third kappa shape index (κ3) is 2.43. The summed E-state index contributed by atoms with van der Waals surface area (Å²) in [5.41, 5.74) is 2.65. The molecule has 4 nitrogen and oxygen atoms in total. The van der Waals surface area contributed by atoms with Gasteiger partial charge in [-0.2, -0.15) is 5.10 Å². The molecule has 0 aliphatic heterocycles. The molecule has 94 valence electrons. The molecule has 1 unspecified atom stereocenters. The number of hydrogen-bond donors (Lipinski definition) is 1. The van der Waals surface area contributed by atoms with Crippen LogP contribution < -0.4 is 5.32 Å². The van der Waals surface area contributed by atoms with E-state index in [4.69, 9.17) is 0 Å². The average molecular weight is 242 g/mol. The second-order valence-corrected chi connectivity index (χ2v) is 4.72. The summed E-state index contributed by atoms with van der Waals surface area (Å²) in [6.45, 7) is 1.99. The van der Waals surface area contributed by atoms with Crippen LogP contribution in [0.5, 0.6) is 0 Å². The molecule has 3 rings (SSSR count). The highest BCUT2D eigenvalue weighted by atomic mass is 15.3. The molecule has 4 heteroatoms. The summed E-state index contributed by atoms with van der Waals surface area (Å²) in [4.78, 5) is 4.49. The molecule has 1 N–H and O–H groups in total. The minimum Gasteiger partial charge on any atom is -0.309 e. The van der Waals surface area contributed by atoms with Crippen LogP contribution in [0.4, 0.5) is 0 Å². The van der Waals surface area contributed by atoms with Gasteiger partial charge in [0.25, 0.3) is 0 Å². The van der Waals surface area contributed by atoms with Gasteiger partial charge in [-0.25, -0.2) is 0 Å². The molecule has 0 aromatic carbocycles. The smallest absolute Gasteiger partial charge is 0.0605 e. The first-order chi connectivity index (χ1) is 8.93. The summed E-state index contributed by atoms with van der Waals surface area (Å²) in [7, 11) is 0. The summed E-state index contributed by atoms with van der Waals surface area (Å²) in [5.74, 6) is 0. The Morgan fingerprint density at radius 3 is 3.22 bits per heavy atom. The van der Waals surface area contributed by atoms with Gasteiger partial charge in [0.05, 0.1) is 11.7 Å². The van der Waals surface area contributed by atoms with E-state index in [9.17, 15) is 0 Å². The van der Waals surface area contributed by atoms with E-state index in [1.54, 1.807) is 0 Å². The molecule has 1 atom stereocenters. The third-order valence-corrected chi connectivity index (χ3v) is 3.47. The molecular weight excluding hydrogens is 224 g/mol. The maximum atomic E-state index is 4.49. The first-order valence-corrected chi connectivity index (χ1v) is 6.58. The SMILES string of the molecule is c1cnc2c(c1)CCC2NCCCn1cccn1. The van der Waals surface area contributed by atoms with Crippen molar-refractivity contribution in [3.05, 3.63) is 48.0 Å². The van der Waals surface area contributed by atoms with Gasteiger partial charge in [-0.3, -0.25) is 9.67 Å². The van der Waals surface area contributed by atoms with Gasteiger partial charge >= 0.3 is 0 Å². The Hall–Kier alpha value is -1.68. The quantitative estimate of drug-likeness (QED) is 0.815. The maximum Gasteiger partial charge on any atom is 0.0605 e. The van der Waals surface area contributed by atoms with Crippen molar-refractivity contribution in [3.8, 4) is 0 Å². The Morgan fingerprint density at radius 1 is 1.33 bits per heavy atom. The molecule has 1 aliphatic carbocycles. The van der Waals surface area contributed by atoms with Gasteiger partial charge in [0.15, 0.2) is 0 Å². The van der Waals surface area contributed by atoms with Crippen LogP contribution >= 0.6 is 0 Å². The molecule has 1 aliphatic rings. The van der Waals surface area contributed by atoms with Crippen molar-refractivity contribution in [1.29, 1.82) is 0 Å². The Labute approximate surface area is 107 Å². The molecule has 0 radical (unpaired) electrons. The van der Waals surface area contributed by atoms with Crippen molar-refractivity contribution >= 4 is 0 Å². The zero-order chi connectivity index (χ0) is 12.2. The lowest BCUT2D eigenvalue weighted by atomic mass is 10.2. The van der Waals surface area contributed by atoms with Gasteiger partial charge in [-0.1, -0.05) is 6.07 Å². The molecule has 18 heavy (non-hydrogen) atoms. The average Bonchev–Trinajstić information content (AvgIpc) is 3.04. The number of rotatable bonds is 5. The van der Waals surface area contributed by atoms with Crippen LogP contribution in [0.3, 0.4) is 0 Å². The number of hydrogen-bond acceptors (Lipinski definition) is 3. The van der Waals surface area contributed by atoms with E-state index in [1.807, 2.05) is 35.4 Å². The predicted octanol–water partition coefficient (Wildman–Crippen LogP) is 1.95. The molecule has 2 heterocycles. The van der Waals surface area contributed by atoms with E-state index >= 15 is 0 Å². The van der Waals surface area contributed by atoms with Gasteiger partial charge in [0, 0.05) is 25.1 Å². The zero-order valence-corrected chi connectivity index (χ0v) is 10.4. The minimum atomic E-state index is 0.443. The van der Waals surface area contributed by atoms with Crippen molar-refractivity contribution in [2.75, 3.05) is 6.54 Å². The molecule has 0 saturated heterocycles. The van der Waals surface area contributed by atoms with Crippen molar-refractivity contribution in [1.82, 2.24) is 20.1 Å². The van der Waals surface area contributed by atoms with Gasteiger partial charge < -0.3 is 5.32 Å². The number of aromatic nitrogens is 3. The Balaban J connectivity index is 1.47. The van der Waals surface area contributed by atoms with Crippen LogP contribution in [-0.4, -0.2) is 21.3 Å². The van der Waals surface area contributed by atoms with Crippen LogP contribution in [-0.2, 0) is 13.0 Å². The van der Waals surface area contributed by atoms with E-state index in [0.717, 1.165) is 25.9 Å². The van der Waals surface area contributed by atoms with Crippen LogP contribution in [0.15, 0.2) is 36.8 Å². The van der Waals surface area contributed by atoms with Gasteiger partial charge in [-0.15, -0.1) is 0 Å². The standard InChI is InChI=1S/C14H18N4/c1-4-12-5-6-13(14(12)16-7-1)15-8-2-10-18-11-3-9-17-18/h1,3-4,7,9,11,13,15H,2,5-6,8,10H2. The first kappa shape index (κ1) is 11.4. The first-order valence-electron chi connectivity index (χ1n) is 6.58. The summed E-state index contributed by atoms with van der Waals surface area (Å²) in [6.07, 6.45) is 9.15. The molecular formula is C14H18N4. The van der Waals surface area contributed by atoms with E-state index in [0.29, 0.717) is 6.04 Å². The lowest BCUT2D eigenvalue weighted by molar-refractivity contribution is 0.481. The summed E-state index contributed by atoms with van der Waals surface area (Å²) < 4.78 is 1.97. The molecule has 2 aromatic heterocycles. The van der Waals surface area contributed by atoms with Crippen LogP contribution in [0, 0.1) is 0 Å². The van der Waals surface area contributed by atoms with Crippen LogP contribution in [0.1, 0.15) is 30.1 Å². The van der Waals surface area contributed by atoms with Gasteiger partial charge in [0.1, 0.15) is 0 Å². The largest absolute Gasteiger partial charge is 0.309 e. The van der Waals surface area contributed by atoms with E-state index in [2.05, 4.69) is 21.5 Å². The Bertz CT molecular complexity index is 492. The van der Waals surface area contributed by atoms with Crippen LogP contribution in [0.25, 0.3) is 0 Å². The molecule has 0 saturated carbocycles. The second-order valence-electron chi connectivity index (χ2n) is 4.72. The second kappa shape index (κ2) is 5.31. The summed E-state index contributed by atoms with van der Waals surface area (Å²) in [6, 6.07) is 6.62. The van der Waals surface area contributed by atoms with E-state index < -0.39 is 0 Å². The minimum absolute atomic E-state index is 0.443. The zero-order valence-electron chi connectivity index (χ0n) is 10.4. The number of pyridine rings is 1. The molecule has 2 aromatic rings. The van der Waals surface area contributed by atoms with E-state index in [-0.39, 0.29) is 0 Å². The Morgan fingerprint density at radius 2 is 2.33 bits per heavy atom. The summed E-state index contributed by atoms with van der Waals surface area (Å²) in [5, 5.41) is 7.79. The molecule has 0 fully saturated rings.